The summed E-state index contributed by atoms with van der Waals surface area (Å²) in [7, 11) is 2.14. The Bertz CT molecular complexity index is 646. The van der Waals surface area contributed by atoms with Gasteiger partial charge in [-0.25, -0.2) is 9.17 Å². The van der Waals surface area contributed by atoms with Crippen molar-refractivity contribution in [1.29, 1.82) is 0 Å². The minimum Gasteiger partial charge on any atom is -0.338 e. The lowest BCUT2D eigenvalue weighted by molar-refractivity contribution is 0.235. The van der Waals surface area contributed by atoms with Crippen molar-refractivity contribution >= 4 is 17.6 Å². The molecule has 0 saturated carbocycles. The van der Waals surface area contributed by atoms with Crippen LogP contribution in [0.2, 0.25) is 0 Å². The van der Waals surface area contributed by atoms with Gasteiger partial charge >= 0.3 is 6.03 Å². The van der Waals surface area contributed by atoms with Gasteiger partial charge in [-0.05, 0) is 43.1 Å². The second-order valence-electron chi connectivity index (χ2n) is 6.49. The SMILES string of the molecule is CC(NC(=O)NC[C@@H]1CN(C)C[C@H]1c1ccccc1)c1ccns1. The maximum absolute atomic E-state index is 12.2. The number of urea groups is 1. The normalized spacial score (nSPS) is 22.2. The van der Waals surface area contributed by atoms with Crippen molar-refractivity contribution in [1.82, 2.24) is 19.9 Å². The van der Waals surface area contributed by atoms with Gasteiger partial charge in [-0.3, -0.25) is 0 Å². The van der Waals surface area contributed by atoms with E-state index in [2.05, 4.69) is 51.2 Å². The predicted octanol–water partition coefficient (Wildman–Crippen LogP) is 2.85. The summed E-state index contributed by atoms with van der Waals surface area (Å²) in [5, 5.41) is 6.02. The first-order valence-corrected chi connectivity index (χ1v) is 9.09. The van der Waals surface area contributed by atoms with Gasteiger partial charge in [0.2, 0.25) is 0 Å². The molecule has 128 valence electrons. The molecule has 2 aromatic rings. The van der Waals surface area contributed by atoms with Crippen molar-refractivity contribution < 1.29 is 4.79 Å². The highest BCUT2D eigenvalue weighted by molar-refractivity contribution is 7.05. The van der Waals surface area contributed by atoms with Crippen molar-refractivity contribution in [2.45, 2.75) is 18.9 Å². The van der Waals surface area contributed by atoms with Crippen LogP contribution in [-0.2, 0) is 0 Å². The molecule has 1 fully saturated rings. The number of hydrogen-bond donors (Lipinski definition) is 2. The predicted molar refractivity (Wildman–Crippen MR) is 97.2 cm³/mol. The molecule has 0 spiro atoms. The van der Waals surface area contributed by atoms with E-state index in [1.165, 1.54) is 17.1 Å². The summed E-state index contributed by atoms with van der Waals surface area (Å²) in [6.07, 6.45) is 1.76. The first-order chi connectivity index (χ1) is 11.6. The molecule has 1 aliphatic heterocycles. The first kappa shape index (κ1) is 16.9. The maximum atomic E-state index is 12.2. The molecule has 2 heterocycles. The third-order valence-corrected chi connectivity index (χ3v) is 5.54. The van der Waals surface area contributed by atoms with Crippen LogP contribution < -0.4 is 10.6 Å². The average Bonchev–Trinajstić information content (AvgIpc) is 3.23. The Morgan fingerprint density at radius 1 is 1.33 bits per heavy atom. The highest BCUT2D eigenvalue weighted by Crippen LogP contribution is 2.31. The summed E-state index contributed by atoms with van der Waals surface area (Å²) in [5.41, 5.74) is 1.35. The van der Waals surface area contributed by atoms with E-state index in [1.807, 2.05) is 19.1 Å². The monoisotopic (exact) mass is 344 g/mol. The molecule has 1 saturated heterocycles. The highest BCUT2D eigenvalue weighted by Gasteiger charge is 2.32. The van der Waals surface area contributed by atoms with Crippen LogP contribution in [0.3, 0.4) is 0 Å². The zero-order chi connectivity index (χ0) is 16.9. The molecule has 0 bridgehead atoms. The second-order valence-corrected chi connectivity index (χ2v) is 7.35. The smallest absolute Gasteiger partial charge is 0.315 e. The number of amides is 2. The topological polar surface area (TPSA) is 57.3 Å². The third-order valence-electron chi connectivity index (χ3n) is 4.61. The molecule has 1 aromatic carbocycles. The molecule has 3 atom stereocenters. The van der Waals surface area contributed by atoms with Gasteiger partial charge in [0.15, 0.2) is 0 Å². The van der Waals surface area contributed by atoms with Crippen LogP contribution in [0.1, 0.15) is 29.3 Å². The summed E-state index contributed by atoms with van der Waals surface area (Å²) in [6, 6.07) is 12.4. The minimum absolute atomic E-state index is 0.0197. The van der Waals surface area contributed by atoms with E-state index in [1.54, 1.807) is 6.20 Å². The number of likely N-dealkylation sites (N-methyl/N-ethyl adjacent to an activating group) is 1. The molecule has 1 unspecified atom stereocenters. The quantitative estimate of drug-likeness (QED) is 0.877. The van der Waals surface area contributed by atoms with Crippen LogP contribution in [0.5, 0.6) is 0 Å². The summed E-state index contributed by atoms with van der Waals surface area (Å²) in [5.74, 6) is 0.900. The number of carbonyl (C=O) groups is 1. The number of rotatable bonds is 5. The van der Waals surface area contributed by atoms with Crippen molar-refractivity contribution in [2.75, 3.05) is 26.7 Å². The van der Waals surface area contributed by atoms with Gasteiger partial charge in [0.05, 0.1) is 6.04 Å². The fraction of sp³-hybridized carbons (Fsp3) is 0.444. The standard InChI is InChI=1S/C18H24N4OS/c1-13(17-8-9-20-24-17)21-18(23)19-10-15-11-22(2)12-16(15)14-6-4-3-5-7-14/h3-9,13,15-16H,10-12H2,1-2H3,(H2,19,21,23)/t13?,15-,16+/m1/s1. The summed E-state index contributed by atoms with van der Waals surface area (Å²) < 4.78 is 4.08. The molecule has 24 heavy (non-hydrogen) atoms. The van der Waals surface area contributed by atoms with Gasteiger partial charge in [-0.15, -0.1) is 0 Å². The van der Waals surface area contributed by atoms with Gasteiger partial charge in [-0.2, -0.15) is 0 Å². The Hall–Kier alpha value is -1.92. The van der Waals surface area contributed by atoms with Crippen molar-refractivity contribution in [3.8, 4) is 0 Å². The highest BCUT2D eigenvalue weighted by atomic mass is 32.1. The summed E-state index contributed by atoms with van der Waals surface area (Å²) in [4.78, 5) is 15.6. The number of aromatic nitrogens is 1. The second kappa shape index (κ2) is 7.77. The van der Waals surface area contributed by atoms with Crippen LogP contribution in [-0.4, -0.2) is 42.0 Å². The molecule has 1 aliphatic rings. The number of nitrogens with zero attached hydrogens (tertiary/aromatic N) is 2. The molecule has 5 nitrogen and oxygen atoms in total. The Kier molecular flexibility index (Phi) is 5.48. The number of nitrogens with one attached hydrogen (secondary N) is 2. The van der Waals surface area contributed by atoms with E-state index >= 15 is 0 Å². The van der Waals surface area contributed by atoms with Gasteiger partial charge in [0.1, 0.15) is 0 Å². The first-order valence-electron chi connectivity index (χ1n) is 8.32. The molecule has 0 aliphatic carbocycles. The van der Waals surface area contributed by atoms with E-state index in [4.69, 9.17) is 0 Å². The van der Waals surface area contributed by atoms with Gasteiger partial charge in [-0.1, -0.05) is 30.3 Å². The van der Waals surface area contributed by atoms with Crippen molar-refractivity contribution in [3.63, 3.8) is 0 Å². The number of carbonyl (C=O) groups excluding carboxylic acids is 1. The van der Waals surface area contributed by atoms with E-state index in [0.29, 0.717) is 18.4 Å². The van der Waals surface area contributed by atoms with Crippen LogP contribution >= 0.6 is 11.5 Å². The minimum atomic E-state index is -0.114. The zero-order valence-corrected chi connectivity index (χ0v) is 14.9. The Labute approximate surface area is 147 Å². The number of hydrogen-bond acceptors (Lipinski definition) is 4. The molecule has 0 radical (unpaired) electrons. The lowest BCUT2D eigenvalue weighted by atomic mass is 9.89. The van der Waals surface area contributed by atoms with Gasteiger partial charge < -0.3 is 15.5 Å². The Morgan fingerprint density at radius 2 is 2.12 bits per heavy atom. The molecule has 6 heteroatoms. The third kappa shape index (κ3) is 4.13. The van der Waals surface area contributed by atoms with E-state index < -0.39 is 0 Å². The van der Waals surface area contributed by atoms with E-state index in [-0.39, 0.29) is 12.1 Å². The van der Waals surface area contributed by atoms with E-state index in [9.17, 15) is 4.79 Å². The Balaban J connectivity index is 1.54. The molecular weight excluding hydrogens is 320 g/mol. The van der Waals surface area contributed by atoms with Crippen LogP contribution in [0.4, 0.5) is 4.79 Å². The zero-order valence-electron chi connectivity index (χ0n) is 14.1. The molecular formula is C18H24N4OS. The fourth-order valence-corrected chi connectivity index (χ4v) is 3.95. The maximum Gasteiger partial charge on any atom is 0.315 e. The van der Waals surface area contributed by atoms with Gasteiger partial charge in [0, 0.05) is 36.6 Å². The largest absolute Gasteiger partial charge is 0.338 e. The average molecular weight is 344 g/mol. The number of likely N-dealkylation sites (tertiary alicyclic amines) is 1. The molecule has 2 amide bonds. The van der Waals surface area contributed by atoms with Crippen molar-refractivity contribution in [2.24, 2.45) is 5.92 Å². The summed E-state index contributed by atoms with van der Waals surface area (Å²) in [6.45, 7) is 4.70. The lowest BCUT2D eigenvalue weighted by Gasteiger charge is -2.20. The van der Waals surface area contributed by atoms with Crippen molar-refractivity contribution in [3.05, 3.63) is 53.0 Å². The fourth-order valence-electron chi connectivity index (χ4n) is 3.36. The molecule has 1 aromatic heterocycles. The van der Waals surface area contributed by atoms with Crippen LogP contribution in [0.25, 0.3) is 0 Å². The molecule has 2 N–H and O–H groups in total. The lowest BCUT2D eigenvalue weighted by Crippen LogP contribution is -2.40. The van der Waals surface area contributed by atoms with Gasteiger partial charge in [0.25, 0.3) is 0 Å². The summed E-state index contributed by atoms with van der Waals surface area (Å²) >= 11 is 1.42. The van der Waals surface area contributed by atoms with Crippen LogP contribution in [0.15, 0.2) is 42.6 Å². The van der Waals surface area contributed by atoms with E-state index in [0.717, 1.165) is 18.0 Å². The molecule has 3 rings (SSSR count). The van der Waals surface area contributed by atoms with Crippen LogP contribution in [0, 0.1) is 5.92 Å². The number of benzene rings is 1. The Morgan fingerprint density at radius 3 is 2.83 bits per heavy atom.